The van der Waals surface area contributed by atoms with Crippen molar-refractivity contribution < 1.29 is 14.7 Å². The molecule has 0 spiro atoms. The van der Waals surface area contributed by atoms with Gasteiger partial charge in [0.1, 0.15) is 0 Å². The van der Waals surface area contributed by atoms with E-state index in [1.165, 1.54) is 0 Å². The molecule has 6 heteroatoms. The molecule has 104 valence electrons. The van der Waals surface area contributed by atoms with Crippen molar-refractivity contribution in [2.75, 3.05) is 13.1 Å². The fourth-order valence-corrected chi connectivity index (χ4v) is 1.07. The van der Waals surface area contributed by atoms with Crippen LogP contribution < -0.4 is 16.4 Å². The van der Waals surface area contributed by atoms with Crippen molar-refractivity contribution in [1.82, 2.24) is 10.6 Å². The maximum Gasteiger partial charge on any atom is 0.317 e. The van der Waals surface area contributed by atoms with Gasteiger partial charge in [0.05, 0.1) is 6.54 Å². The smallest absolute Gasteiger partial charge is 0.317 e. The maximum atomic E-state index is 10.3. The first-order valence-electron chi connectivity index (χ1n) is 5.67. The maximum absolute atomic E-state index is 10.3. The third-order valence-electron chi connectivity index (χ3n) is 1.87. The predicted molar refractivity (Wildman–Crippen MR) is 73.6 cm³/mol. The number of benzene rings is 1. The van der Waals surface area contributed by atoms with E-state index in [2.05, 4.69) is 17.2 Å². The number of amides is 2. The van der Waals surface area contributed by atoms with Crippen LogP contribution in [0.15, 0.2) is 43.0 Å². The average Bonchev–Trinajstić information content (AvgIpc) is 2.38. The Morgan fingerprint density at radius 3 is 2.42 bits per heavy atom. The second-order valence-corrected chi connectivity index (χ2v) is 3.52. The van der Waals surface area contributed by atoms with Crippen LogP contribution in [0.5, 0.6) is 0 Å². The molecule has 6 nitrogen and oxygen atoms in total. The van der Waals surface area contributed by atoms with E-state index >= 15 is 0 Å². The number of carbonyl (C=O) groups excluding carboxylic acids is 1. The standard InChI is InChI=1S/C8H10N2O.C5H9NO2/c9-8(11)10-6-7-4-2-1-3-5-7;1-2-3-6-4-5(7)8/h1-5H,6H2,(H3,9,10,11);2,6H,1,3-4H2,(H,7,8). The van der Waals surface area contributed by atoms with E-state index in [1.54, 1.807) is 6.08 Å². The second-order valence-electron chi connectivity index (χ2n) is 3.52. The molecule has 0 saturated carbocycles. The third-order valence-corrected chi connectivity index (χ3v) is 1.87. The molecule has 0 unspecified atom stereocenters. The van der Waals surface area contributed by atoms with E-state index in [4.69, 9.17) is 10.8 Å². The molecular weight excluding hydrogens is 246 g/mol. The van der Waals surface area contributed by atoms with Gasteiger partial charge in [-0.1, -0.05) is 36.4 Å². The summed E-state index contributed by atoms with van der Waals surface area (Å²) in [6.07, 6.45) is 1.61. The highest BCUT2D eigenvalue weighted by Crippen LogP contribution is 1.96. The summed E-state index contributed by atoms with van der Waals surface area (Å²) in [6.45, 7) is 4.45. The average molecular weight is 265 g/mol. The number of nitrogens with one attached hydrogen (secondary N) is 2. The summed E-state index contributed by atoms with van der Waals surface area (Å²) in [5.74, 6) is -0.841. The van der Waals surface area contributed by atoms with Gasteiger partial charge in [0.15, 0.2) is 0 Å². The lowest BCUT2D eigenvalue weighted by molar-refractivity contribution is -0.135. The fourth-order valence-electron chi connectivity index (χ4n) is 1.07. The summed E-state index contributed by atoms with van der Waals surface area (Å²) in [4.78, 5) is 20.1. The summed E-state index contributed by atoms with van der Waals surface area (Å²) in [6, 6.07) is 9.12. The van der Waals surface area contributed by atoms with Crippen molar-refractivity contribution in [2.45, 2.75) is 6.54 Å². The number of hydrogen-bond acceptors (Lipinski definition) is 3. The molecule has 0 aliphatic carbocycles. The molecule has 0 heterocycles. The van der Waals surface area contributed by atoms with E-state index in [0.717, 1.165) is 5.56 Å². The van der Waals surface area contributed by atoms with Crippen LogP contribution in [0.2, 0.25) is 0 Å². The van der Waals surface area contributed by atoms with E-state index in [9.17, 15) is 9.59 Å². The van der Waals surface area contributed by atoms with Gasteiger partial charge >= 0.3 is 12.0 Å². The zero-order chi connectivity index (χ0) is 14.5. The van der Waals surface area contributed by atoms with Gasteiger partial charge in [-0.25, -0.2) is 4.79 Å². The summed E-state index contributed by atoms with van der Waals surface area (Å²) in [5, 5.41) is 13.2. The first kappa shape index (κ1) is 16.7. The Morgan fingerprint density at radius 1 is 1.32 bits per heavy atom. The summed E-state index contributed by atoms with van der Waals surface area (Å²) in [5.41, 5.74) is 5.94. The topological polar surface area (TPSA) is 104 Å². The van der Waals surface area contributed by atoms with E-state index < -0.39 is 12.0 Å². The zero-order valence-corrected chi connectivity index (χ0v) is 10.6. The van der Waals surface area contributed by atoms with Crippen molar-refractivity contribution in [1.29, 1.82) is 0 Å². The molecule has 0 aliphatic rings. The molecular formula is C13H19N3O3. The Balaban J connectivity index is 0.000000362. The molecule has 1 aromatic rings. The van der Waals surface area contributed by atoms with Crippen LogP contribution in [0.1, 0.15) is 5.56 Å². The Bertz CT molecular complexity index is 393. The lowest BCUT2D eigenvalue weighted by Crippen LogP contribution is -2.28. The van der Waals surface area contributed by atoms with Crippen LogP contribution in [0.3, 0.4) is 0 Å². The molecule has 0 aliphatic heterocycles. The number of nitrogens with two attached hydrogens (primary N) is 1. The number of aliphatic carboxylic acids is 1. The fraction of sp³-hybridized carbons (Fsp3) is 0.231. The highest BCUT2D eigenvalue weighted by molar-refractivity contribution is 5.71. The molecule has 2 amide bonds. The molecule has 1 aromatic carbocycles. The number of primary amides is 1. The first-order chi connectivity index (χ1) is 9.06. The minimum Gasteiger partial charge on any atom is -0.480 e. The lowest BCUT2D eigenvalue weighted by atomic mass is 10.2. The number of carboxylic acid groups (broad SMARTS) is 1. The van der Waals surface area contributed by atoms with Crippen LogP contribution in [-0.4, -0.2) is 30.2 Å². The quantitative estimate of drug-likeness (QED) is 0.449. The van der Waals surface area contributed by atoms with Crippen molar-refractivity contribution in [2.24, 2.45) is 5.73 Å². The number of urea groups is 1. The van der Waals surface area contributed by atoms with Gasteiger partial charge in [-0.05, 0) is 5.56 Å². The van der Waals surface area contributed by atoms with E-state index in [0.29, 0.717) is 13.1 Å². The molecule has 0 atom stereocenters. The van der Waals surface area contributed by atoms with Gasteiger partial charge in [0, 0.05) is 13.1 Å². The van der Waals surface area contributed by atoms with Gasteiger partial charge in [0.2, 0.25) is 0 Å². The molecule has 0 aromatic heterocycles. The van der Waals surface area contributed by atoms with Gasteiger partial charge < -0.3 is 21.5 Å². The van der Waals surface area contributed by atoms with E-state index in [1.807, 2.05) is 30.3 Å². The number of carbonyl (C=O) groups is 2. The number of rotatable bonds is 6. The van der Waals surface area contributed by atoms with Crippen LogP contribution in [0.4, 0.5) is 4.79 Å². The lowest BCUT2D eigenvalue weighted by Gasteiger charge is -1.99. The highest BCUT2D eigenvalue weighted by atomic mass is 16.4. The molecule has 0 bridgehead atoms. The molecule has 0 fully saturated rings. The van der Waals surface area contributed by atoms with Crippen molar-refractivity contribution in [3.05, 3.63) is 48.6 Å². The predicted octanol–water partition coefficient (Wildman–Crippen LogP) is 0.702. The minimum atomic E-state index is -0.841. The van der Waals surface area contributed by atoms with Crippen LogP contribution >= 0.6 is 0 Å². The SMILES string of the molecule is C=CCNCC(=O)O.NC(=O)NCc1ccccc1. The van der Waals surface area contributed by atoms with Gasteiger partial charge in [-0.15, -0.1) is 6.58 Å². The van der Waals surface area contributed by atoms with Crippen LogP contribution in [0.25, 0.3) is 0 Å². The van der Waals surface area contributed by atoms with Crippen molar-refractivity contribution in [3.8, 4) is 0 Å². The zero-order valence-electron chi connectivity index (χ0n) is 10.6. The van der Waals surface area contributed by atoms with Crippen LogP contribution in [0, 0.1) is 0 Å². The third kappa shape index (κ3) is 11.9. The number of hydrogen-bond donors (Lipinski definition) is 4. The van der Waals surface area contributed by atoms with Crippen molar-refractivity contribution >= 4 is 12.0 Å². The van der Waals surface area contributed by atoms with Gasteiger partial charge in [-0.2, -0.15) is 0 Å². The van der Waals surface area contributed by atoms with Gasteiger partial charge in [0.25, 0.3) is 0 Å². The van der Waals surface area contributed by atoms with Gasteiger partial charge in [-0.3, -0.25) is 4.79 Å². The molecule has 19 heavy (non-hydrogen) atoms. The minimum absolute atomic E-state index is 0.00597. The highest BCUT2D eigenvalue weighted by Gasteiger charge is 1.91. The van der Waals surface area contributed by atoms with Crippen LogP contribution in [-0.2, 0) is 11.3 Å². The molecule has 0 saturated heterocycles. The monoisotopic (exact) mass is 265 g/mol. The Labute approximate surface area is 112 Å². The largest absolute Gasteiger partial charge is 0.480 e. The second kappa shape index (κ2) is 10.8. The summed E-state index contributed by atoms with van der Waals surface area (Å²) in [7, 11) is 0. The Hall–Kier alpha value is -2.34. The molecule has 1 rings (SSSR count). The summed E-state index contributed by atoms with van der Waals surface area (Å²) < 4.78 is 0. The normalized spacial score (nSPS) is 8.84. The Kier molecular flexibility index (Phi) is 9.46. The first-order valence-corrected chi connectivity index (χ1v) is 5.67. The summed E-state index contributed by atoms with van der Waals surface area (Å²) >= 11 is 0. The molecule has 5 N–H and O–H groups in total. The number of carboxylic acids is 1. The van der Waals surface area contributed by atoms with E-state index in [-0.39, 0.29) is 6.54 Å². The Morgan fingerprint density at radius 2 is 1.95 bits per heavy atom. The van der Waals surface area contributed by atoms with Crippen molar-refractivity contribution in [3.63, 3.8) is 0 Å². The molecule has 0 radical (unpaired) electrons.